The molecule has 0 fully saturated rings. The van der Waals surface area contributed by atoms with Gasteiger partial charge in [0.25, 0.3) is 0 Å². The molecule has 0 aromatic rings. The summed E-state index contributed by atoms with van der Waals surface area (Å²) in [5, 5.41) is 9.22. The molecule has 0 saturated heterocycles. The Labute approximate surface area is 93.5 Å². The molecule has 0 aromatic heterocycles. The van der Waals surface area contributed by atoms with Crippen LogP contribution in [0.5, 0.6) is 0 Å². The van der Waals surface area contributed by atoms with E-state index in [0.29, 0.717) is 6.54 Å². The first-order valence-corrected chi connectivity index (χ1v) is 5.95. The zero-order valence-corrected chi connectivity index (χ0v) is 10.5. The van der Waals surface area contributed by atoms with Crippen LogP contribution in [0.15, 0.2) is 0 Å². The van der Waals surface area contributed by atoms with E-state index in [1.54, 1.807) is 18.9 Å². The van der Waals surface area contributed by atoms with E-state index in [1.807, 2.05) is 0 Å². The average molecular weight is 215 g/mol. The van der Waals surface area contributed by atoms with E-state index in [9.17, 15) is 9.90 Å². The van der Waals surface area contributed by atoms with Crippen LogP contribution >= 0.6 is 0 Å². The highest BCUT2D eigenvalue weighted by Gasteiger charge is 2.20. The Kier molecular flexibility index (Phi) is 7.39. The van der Waals surface area contributed by atoms with E-state index in [0.717, 1.165) is 25.7 Å². The smallest absolute Gasteiger partial charge is 0.225 e. The lowest BCUT2D eigenvalue weighted by Crippen LogP contribution is -2.37. The third-order valence-corrected chi connectivity index (χ3v) is 2.54. The van der Waals surface area contributed by atoms with Gasteiger partial charge < -0.3 is 10.0 Å². The number of amides is 1. The van der Waals surface area contributed by atoms with Crippen LogP contribution in [0.25, 0.3) is 0 Å². The molecular weight excluding hydrogens is 190 g/mol. The van der Waals surface area contributed by atoms with Crippen molar-refractivity contribution in [3.8, 4) is 0 Å². The fraction of sp³-hybridized carbons (Fsp3) is 0.917. The van der Waals surface area contributed by atoms with E-state index in [1.165, 1.54) is 0 Å². The van der Waals surface area contributed by atoms with Crippen LogP contribution in [-0.4, -0.2) is 35.6 Å². The van der Waals surface area contributed by atoms with Crippen molar-refractivity contribution in [1.29, 1.82) is 0 Å². The molecule has 1 atom stereocenters. The first kappa shape index (κ1) is 14.4. The number of aliphatic hydroxyl groups excluding tert-OH is 1. The van der Waals surface area contributed by atoms with Crippen molar-refractivity contribution in [3.63, 3.8) is 0 Å². The van der Waals surface area contributed by atoms with E-state index in [2.05, 4.69) is 13.8 Å². The Balaban J connectivity index is 4.21. The second-order valence-electron chi connectivity index (χ2n) is 4.34. The number of hydrogen-bond donors (Lipinski definition) is 1. The molecule has 0 rings (SSSR count). The summed E-state index contributed by atoms with van der Waals surface area (Å²) in [5.41, 5.74) is 0. The molecule has 0 bridgehead atoms. The summed E-state index contributed by atoms with van der Waals surface area (Å²) in [7, 11) is 1.77. The monoisotopic (exact) mass is 215 g/mol. The molecule has 3 nitrogen and oxygen atoms in total. The third-order valence-electron chi connectivity index (χ3n) is 2.54. The second-order valence-corrected chi connectivity index (χ2v) is 4.34. The lowest BCUT2D eigenvalue weighted by Gasteiger charge is -2.24. The van der Waals surface area contributed by atoms with Crippen LogP contribution in [-0.2, 0) is 4.79 Å². The number of nitrogens with zero attached hydrogens (tertiary/aromatic N) is 1. The van der Waals surface area contributed by atoms with Crippen molar-refractivity contribution < 1.29 is 9.90 Å². The molecule has 0 spiro atoms. The van der Waals surface area contributed by atoms with E-state index < -0.39 is 6.10 Å². The van der Waals surface area contributed by atoms with Crippen LogP contribution < -0.4 is 0 Å². The van der Waals surface area contributed by atoms with Gasteiger partial charge in [0, 0.05) is 19.5 Å². The van der Waals surface area contributed by atoms with Crippen LogP contribution in [0.2, 0.25) is 0 Å². The number of hydrogen-bond acceptors (Lipinski definition) is 2. The fourth-order valence-electron chi connectivity index (χ4n) is 1.89. The molecule has 90 valence electrons. The first-order chi connectivity index (χ1) is 7.02. The fourth-order valence-corrected chi connectivity index (χ4v) is 1.89. The number of aliphatic hydroxyl groups is 1. The third kappa shape index (κ3) is 5.78. The average Bonchev–Trinajstić information content (AvgIpc) is 2.15. The normalized spacial score (nSPS) is 12.9. The first-order valence-electron chi connectivity index (χ1n) is 5.95. The minimum atomic E-state index is -0.442. The standard InChI is InChI=1S/C12H25NO2/c1-5-7-11(8-6-2)12(15)13(4)9-10(3)14/h10-11,14H,5-9H2,1-4H3. The number of rotatable bonds is 7. The van der Waals surface area contributed by atoms with Gasteiger partial charge in [-0.25, -0.2) is 0 Å². The highest BCUT2D eigenvalue weighted by Crippen LogP contribution is 2.16. The Morgan fingerprint density at radius 2 is 1.73 bits per heavy atom. The van der Waals surface area contributed by atoms with Gasteiger partial charge in [0.2, 0.25) is 5.91 Å². The van der Waals surface area contributed by atoms with Crippen molar-refractivity contribution in [1.82, 2.24) is 4.90 Å². The second kappa shape index (κ2) is 7.69. The maximum absolute atomic E-state index is 12.0. The van der Waals surface area contributed by atoms with Gasteiger partial charge in [-0.1, -0.05) is 26.7 Å². The van der Waals surface area contributed by atoms with Crippen LogP contribution in [0.1, 0.15) is 46.5 Å². The highest BCUT2D eigenvalue weighted by atomic mass is 16.3. The topological polar surface area (TPSA) is 40.5 Å². The number of carbonyl (C=O) groups is 1. The van der Waals surface area contributed by atoms with E-state index in [4.69, 9.17) is 0 Å². The summed E-state index contributed by atoms with van der Waals surface area (Å²) in [6.07, 6.45) is 3.55. The maximum Gasteiger partial charge on any atom is 0.225 e. The Bertz CT molecular complexity index is 174. The Morgan fingerprint density at radius 3 is 2.07 bits per heavy atom. The highest BCUT2D eigenvalue weighted by molar-refractivity contribution is 5.78. The molecule has 0 saturated carbocycles. The molecule has 3 heteroatoms. The van der Waals surface area contributed by atoms with Crippen LogP contribution in [0.3, 0.4) is 0 Å². The molecule has 15 heavy (non-hydrogen) atoms. The van der Waals surface area contributed by atoms with Gasteiger partial charge >= 0.3 is 0 Å². The molecule has 0 aliphatic rings. The van der Waals surface area contributed by atoms with E-state index in [-0.39, 0.29) is 11.8 Å². The van der Waals surface area contributed by atoms with Gasteiger partial charge in [-0.15, -0.1) is 0 Å². The Hall–Kier alpha value is -0.570. The molecule has 0 aromatic carbocycles. The van der Waals surface area contributed by atoms with Crippen LogP contribution in [0.4, 0.5) is 0 Å². The van der Waals surface area contributed by atoms with Gasteiger partial charge in [0.05, 0.1) is 6.10 Å². The van der Waals surface area contributed by atoms with Gasteiger partial charge in [-0.3, -0.25) is 4.79 Å². The summed E-state index contributed by atoms with van der Waals surface area (Å²) in [5.74, 6) is 0.323. The summed E-state index contributed by atoms with van der Waals surface area (Å²) >= 11 is 0. The molecule has 0 aliphatic carbocycles. The summed E-state index contributed by atoms with van der Waals surface area (Å²) < 4.78 is 0. The van der Waals surface area contributed by atoms with Gasteiger partial charge in [0.1, 0.15) is 0 Å². The predicted octanol–water partition coefficient (Wildman–Crippen LogP) is 2.04. The molecule has 1 amide bonds. The minimum absolute atomic E-state index is 0.142. The van der Waals surface area contributed by atoms with Crippen molar-refractivity contribution in [2.24, 2.45) is 5.92 Å². The predicted molar refractivity (Wildman–Crippen MR) is 62.6 cm³/mol. The SMILES string of the molecule is CCCC(CCC)C(=O)N(C)CC(C)O. The zero-order valence-electron chi connectivity index (χ0n) is 10.5. The molecule has 0 heterocycles. The van der Waals surface area contributed by atoms with Crippen molar-refractivity contribution >= 4 is 5.91 Å². The lowest BCUT2D eigenvalue weighted by molar-refractivity contribution is -0.135. The van der Waals surface area contributed by atoms with Gasteiger partial charge in [0.15, 0.2) is 0 Å². The van der Waals surface area contributed by atoms with Gasteiger partial charge in [-0.05, 0) is 19.8 Å². The number of likely N-dealkylation sites (N-methyl/N-ethyl adjacent to an activating group) is 1. The minimum Gasteiger partial charge on any atom is -0.392 e. The summed E-state index contributed by atoms with van der Waals surface area (Å²) in [4.78, 5) is 13.6. The van der Waals surface area contributed by atoms with Crippen molar-refractivity contribution in [2.75, 3.05) is 13.6 Å². The molecule has 1 N–H and O–H groups in total. The summed E-state index contributed by atoms with van der Waals surface area (Å²) in [6.45, 7) is 6.34. The van der Waals surface area contributed by atoms with E-state index >= 15 is 0 Å². The zero-order chi connectivity index (χ0) is 11.8. The largest absolute Gasteiger partial charge is 0.392 e. The van der Waals surface area contributed by atoms with Crippen LogP contribution in [0, 0.1) is 5.92 Å². The lowest BCUT2D eigenvalue weighted by atomic mass is 9.97. The van der Waals surface area contributed by atoms with Crippen molar-refractivity contribution in [2.45, 2.75) is 52.6 Å². The van der Waals surface area contributed by atoms with Gasteiger partial charge in [-0.2, -0.15) is 0 Å². The number of carbonyl (C=O) groups excluding carboxylic acids is 1. The summed E-state index contributed by atoms with van der Waals surface area (Å²) in [6, 6.07) is 0. The molecule has 0 aliphatic heterocycles. The maximum atomic E-state index is 12.0. The molecule has 0 radical (unpaired) electrons. The molecular formula is C12H25NO2. The van der Waals surface area contributed by atoms with Crippen molar-refractivity contribution in [3.05, 3.63) is 0 Å². The molecule has 1 unspecified atom stereocenters. The quantitative estimate of drug-likeness (QED) is 0.706. The Morgan fingerprint density at radius 1 is 1.27 bits per heavy atom.